The van der Waals surface area contributed by atoms with Gasteiger partial charge in [-0.25, -0.2) is 0 Å². The largest absolute Gasteiger partial charge is 0.339 e. The standard InChI is InChI=1S/C14H28N4O/c1-3-15-5-7-17(8-6-15)13-14(19)18-11-9-16(4-2)10-12-18/h3-13H2,1-2H3. The van der Waals surface area contributed by atoms with Crippen LogP contribution >= 0.6 is 0 Å². The molecule has 2 saturated heterocycles. The van der Waals surface area contributed by atoms with Crippen LogP contribution in [0.1, 0.15) is 13.8 Å². The number of hydrogen-bond donors (Lipinski definition) is 0. The highest BCUT2D eigenvalue weighted by atomic mass is 16.2. The Hall–Kier alpha value is -0.650. The van der Waals surface area contributed by atoms with E-state index in [2.05, 4.69) is 28.5 Å². The molecule has 19 heavy (non-hydrogen) atoms. The predicted octanol–water partition coefficient (Wildman–Crippen LogP) is -0.212. The summed E-state index contributed by atoms with van der Waals surface area (Å²) in [4.78, 5) is 21.5. The van der Waals surface area contributed by atoms with Gasteiger partial charge in [0.05, 0.1) is 6.54 Å². The Morgan fingerprint density at radius 1 is 0.737 bits per heavy atom. The van der Waals surface area contributed by atoms with Crippen LogP contribution in [0, 0.1) is 0 Å². The molecule has 2 heterocycles. The molecule has 0 bridgehead atoms. The summed E-state index contributed by atoms with van der Waals surface area (Å²) in [5, 5.41) is 0. The molecular weight excluding hydrogens is 240 g/mol. The van der Waals surface area contributed by atoms with Crippen LogP contribution in [0.3, 0.4) is 0 Å². The number of carbonyl (C=O) groups excluding carboxylic acids is 1. The van der Waals surface area contributed by atoms with E-state index in [1.54, 1.807) is 0 Å². The molecule has 0 radical (unpaired) electrons. The molecule has 5 nitrogen and oxygen atoms in total. The zero-order chi connectivity index (χ0) is 13.7. The Morgan fingerprint density at radius 3 is 1.63 bits per heavy atom. The number of likely N-dealkylation sites (N-methyl/N-ethyl adjacent to an activating group) is 2. The van der Waals surface area contributed by atoms with Crippen LogP contribution in [0.4, 0.5) is 0 Å². The van der Waals surface area contributed by atoms with Gasteiger partial charge in [-0.15, -0.1) is 0 Å². The van der Waals surface area contributed by atoms with Crippen molar-refractivity contribution in [3.05, 3.63) is 0 Å². The van der Waals surface area contributed by atoms with Crippen molar-refractivity contribution in [1.82, 2.24) is 19.6 Å². The van der Waals surface area contributed by atoms with Crippen LogP contribution in [0.5, 0.6) is 0 Å². The number of amides is 1. The minimum atomic E-state index is 0.320. The molecule has 0 atom stereocenters. The summed E-state index contributed by atoms with van der Waals surface area (Å²) in [5.74, 6) is 0.320. The molecule has 0 aliphatic carbocycles. The SMILES string of the molecule is CCN1CCN(CC(=O)N2CCN(CC)CC2)CC1. The Balaban J connectivity index is 1.70. The van der Waals surface area contributed by atoms with Gasteiger partial charge in [0.1, 0.15) is 0 Å². The lowest BCUT2D eigenvalue weighted by atomic mass is 10.2. The van der Waals surface area contributed by atoms with Crippen LogP contribution < -0.4 is 0 Å². The summed E-state index contributed by atoms with van der Waals surface area (Å²) in [5.41, 5.74) is 0. The van der Waals surface area contributed by atoms with Gasteiger partial charge in [0.15, 0.2) is 0 Å². The van der Waals surface area contributed by atoms with Crippen LogP contribution in [-0.4, -0.2) is 97.5 Å². The maximum atomic E-state index is 12.3. The lowest BCUT2D eigenvalue weighted by Gasteiger charge is -2.37. The fourth-order valence-corrected chi connectivity index (χ4v) is 2.87. The molecule has 110 valence electrons. The number of piperazine rings is 2. The van der Waals surface area contributed by atoms with Crippen molar-refractivity contribution in [3.63, 3.8) is 0 Å². The van der Waals surface area contributed by atoms with E-state index in [1.165, 1.54) is 0 Å². The molecule has 2 rings (SSSR count). The van der Waals surface area contributed by atoms with Crippen LogP contribution in [0.2, 0.25) is 0 Å². The third-order valence-electron chi connectivity index (χ3n) is 4.44. The zero-order valence-electron chi connectivity index (χ0n) is 12.5. The van der Waals surface area contributed by atoms with Gasteiger partial charge >= 0.3 is 0 Å². The number of rotatable bonds is 4. The highest BCUT2D eigenvalue weighted by Gasteiger charge is 2.23. The molecule has 0 aromatic carbocycles. The summed E-state index contributed by atoms with van der Waals surface area (Å²) in [6, 6.07) is 0. The summed E-state index contributed by atoms with van der Waals surface area (Å²) in [6.07, 6.45) is 0. The first-order chi connectivity index (χ1) is 9.22. The molecule has 1 amide bonds. The molecule has 5 heteroatoms. The highest BCUT2D eigenvalue weighted by Crippen LogP contribution is 2.05. The van der Waals surface area contributed by atoms with Crippen molar-refractivity contribution in [2.24, 2.45) is 0 Å². The van der Waals surface area contributed by atoms with Gasteiger partial charge in [-0.2, -0.15) is 0 Å². The first-order valence-corrected chi connectivity index (χ1v) is 7.67. The third-order valence-corrected chi connectivity index (χ3v) is 4.44. The van der Waals surface area contributed by atoms with Gasteiger partial charge in [-0.05, 0) is 13.1 Å². The van der Waals surface area contributed by atoms with Crippen LogP contribution in [0.25, 0.3) is 0 Å². The number of nitrogens with zero attached hydrogens (tertiary/aromatic N) is 4. The molecule has 0 spiro atoms. The second-order valence-corrected chi connectivity index (χ2v) is 5.53. The van der Waals surface area contributed by atoms with Crippen molar-refractivity contribution in [2.75, 3.05) is 72.0 Å². The smallest absolute Gasteiger partial charge is 0.236 e. The van der Waals surface area contributed by atoms with Gasteiger partial charge in [0.2, 0.25) is 5.91 Å². The van der Waals surface area contributed by atoms with Crippen molar-refractivity contribution in [1.29, 1.82) is 0 Å². The zero-order valence-corrected chi connectivity index (χ0v) is 12.5. The number of carbonyl (C=O) groups is 1. The van der Waals surface area contributed by atoms with Gasteiger partial charge in [-0.3, -0.25) is 9.69 Å². The van der Waals surface area contributed by atoms with E-state index in [9.17, 15) is 4.79 Å². The molecule has 0 aromatic heterocycles. The third kappa shape index (κ3) is 4.16. The highest BCUT2D eigenvalue weighted by molar-refractivity contribution is 5.78. The van der Waals surface area contributed by atoms with Crippen LogP contribution in [-0.2, 0) is 4.79 Å². The molecule has 0 saturated carbocycles. The average Bonchev–Trinajstić information content (AvgIpc) is 2.48. The quantitative estimate of drug-likeness (QED) is 0.706. The summed E-state index contributed by atoms with van der Waals surface area (Å²) >= 11 is 0. The second kappa shape index (κ2) is 7.22. The minimum Gasteiger partial charge on any atom is -0.339 e. The molecule has 2 aliphatic rings. The van der Waals surface area contributed by atoms with Crippen molar-refractivity contribution < 1.29 is 4.79 Å². The fourth-order valence-electron chi connectivity index (χ4n) is 2.87. The predicted molar refractivity (Wildman–Crippen MR) is 77.2 cm³/mol. The van der Waals surface area contributed by atoms with Crippen LogP contribution in [0.15, 0.2) is 0 Å². The van der Waals surface area contributed by atoms with E-state index >= 15 is 0 Å². The second-order valence-electron chi connectivity index (χ2n) is 5.53. The van der Waals surface area contributed by atoms with Gasteiger partial charge in [0.25, 0.3) is 0 Å². The first kappa shape index (κ1) is 14.8. The van der Waals surface area contributed by atoms with Gasteiger partial charge < -0.3 is 14.7 Å². The summed E-state index contributed by atoms with van der Waals surface area (Å²) in [7, 11) is 0. The van der Waals surface area contributed by atoms with E-state index < -0.39 is 0 Å². The molecular formula is C14H28N4O. The van der Waals surface area contributed by atoms with Crippen molar-refractivity contribution in [2.45, 2.75) is 13.8 Å². The maximum absolute atomic E-state index is 12.3. The van der Waals surface area contributed by atoms with E-state index in [1.807, 2.05) is 4.90 Å². The Kier molecular flexibility index (Phi) is 5.60. The fraction of sp³-hybridized carbons (Fsp3) is 0.929. The van der Waals surface area contributed by atoms with E-state index in [4.69, 9.17) is 0 Å². The molecule has 2 fully saturated rings. The normalized spacial score (nSPS) is 23.8. The maximum Gasteiger partial charge on any atom is 0.236 e. The van der Waals surface area contributed by atoms with E-state index in [0.717, 1.165) is 65.4 Å². The Bertz CT molecular complexity index is 281. The lowest BCUT2D eigenvalue weighted by molar-refractivity contribution is -0.134. The van der Waals surface area contributed by atoms with Crippen molar-refractivity contribution in [3.8, 4) is 0 Å². The summed E-state index contributed by atoms with van der Waals surface area (Å²) in [6.45, 7) is 15.4. The molecule has 0 aromatic rings. The monoisotopic (exact) mass is 268 g/mol. The van der Waals surface area contributed by atoms with E-state index in [0.29, 0.717) is 12.5 Å². The lowest BCUT2D eigenvalue weighted by Crippen LogP contribution is -2.53. The summed E-state index contributed by atoms with van der Waals surface area (Å²) < 4.78 is 0. The molecule has 0 N–H and O–H groups in total. The van der Waals surface area contributed by atoms with E-state index in [-0.39, 0.29) is 0 Å². The first-order valence-electron chi connectivity index (χ1n) is 7.67. The van der Waals surface area contributed by atoms with Gasteiger partial charge in [0, 0.05) is 52.4 Å². The minimum absolute atomic E-state index is 0.320. The Morgan fingerprint density at radius 2 is 1.16 bits per heavy atom. The van der Waals surface area contributed by atoms with Crippen molar-refractivity contribution >= 4 is 5.91 Å². The topological polar surface area (TPSA) is 30.0 Å². The molecule has 0 unspecified atom stereocenters. The average molecular weight is 268 g/mol. The van der Waals surface area contributed by atoms with Gasteiger partial charge in [-0.1, -0.05) is 13.8 Å². The Labute approximate surface area is 117 Å². The number of hydrogen-bond acceptors (Lipinski definition) is 4. The molecule has 2 aliphatic heterocycles.